The summed E-state index contributed by atoms with van der Waals surface area (Å²) in [5, 5.41) is 4.18. The van der Waals surface area contributed by atoms with Crippen molar-refractivity contribution < 1.29 is 9.47 Å². The van der Waals surface area contributed by atoms with E-state index in [0.29, 0.717) is 13.2 Å². The molecule has 2 rings (SSSR count). The Balaban J connectivity index is 1.83. The maximum atomic E-state index is 6.13. The summed E-state index contributed by atoms with van der Waals surface area (Å²) in [5.41, 5.74) is 2.28. The van der Waals surface area contributed by atoms with Crippen molar-refractivity contribution >= 4 is 11.6 Å². The van der Waals surface area contributed by atoms with Crippen LogP contribution in [-0.2, 0) is 17.8 Å². The third-order valence-corrected chi connectivity index (χ3v) is 3.43. The Kier molecular flexibility index (Phi) is 6.54. The van der Waals surface area contributed by atoms with Gasteiger partial charge in [-0.25, -0.2) is 0 Å². The minimum Gasteiger partial charge on any atom is -0.491 e. The summed E-state index contributed by atoms with van der Waals surface area (Å²) in [4.78, 5) is 0. The van der Waals surface area contributed by atoms with E-state index in [1.165, 1.54) is 5.56 Å². The maximum Gasteiger partial charge on any atom is 0.119 e. The molecule has 21 heavy (non-hydrogen) atoms. The van der Waals surface area contributed by atoms with Gasteiger partial charge in [0.2, 0.25) is 0 Å². The molecule has 112 valence electrons. The number of rotatable bonds is 8. The minimum atomic E-state index is 0.563. The third-order valence-electron chi connectivity index (χ3n) is 3.06. The molecule has 4 heteroatoms. The van der Waals surface area contributed by atoms with E-state index in [0.717, 1.165) is 29.4 Å². The van der Waals surface area contributed by atoms with Crippen LogP contribution in [0.15, 0.2) is 48.5 Å². The molecule has 0 fully saturated rings. The van der Waals surface area contributed by atoms with Crippen LogP contribution < -0.4 is 10.1 Å². The van der Waals surface area contributed by atoms with E-state index in [4.69, 9.17) is 21.1 Å². The Morgan fingerprint density at radius 1 is 1.00 bits per heavy atom. The Labute approximate surface area is 130 Å². The Morgan fingerprint density at radius 2 is 1.86 bits per heavy atom. The van der Waals surface area contributed by atoms with E-state index in [-0.39, 0.29) is 0 Å². The largest absolute Gasteiger partial charge is 0.491 e. The van der Waals surface area contributed by atoms with Crippen LogP contribution in [0.25, 0.3) is 0 Å². The number of hydrogen-bond donors (Lipinski definition) is 1. The van der Waals surface area contributed by atoms with Gasteiger partial charge >= 0.3 is 0 Å². The molecule has 0 amide bonds. The fourth-order valence-corrected chi connectivity index (χ4v) is 2.17. The molecule has 2 aromatic carbocycles. The van der Waals surface area contributed by atoms with Crippen LogP contribution in [0, 0.1) is 0 Å². The van der Waals surface area contributed by atoms with Gasteiger partial charge in [0.05, 0.1) is 6.61 Å². The van der Waals surface area contributed by atoms with Crippen molar-refractivity contribution in [2.45, 2.75) is 13.1 Å². The Bertz CT molecular complexity index is 560. The molecule has 0 aliphatic heterocycles. The van der Waals surface area contributed by atoms with Gasteiger partial charge in [-0.05, 0) is 29.3 Å². The zero-order valence-electron chi connectivity index (χ0n) is 12.1. The average Bonchev–Trinajstić information content (AvgIpc) is 2.50. The normalized spacial score (nSPS) is 10.6. The number of hydrogen-bond acceptors (Lipinski definition) is 3. The summed E-state index contributed by atoms with van der Waals surface area (Å²) < 4.78 is 10.6. The van der Waals surface area contributed by atoms with Gasteiger partial charge in [-0.1, -0.05) is 41.9 Å². The Morgan fingerprint density at radius 3 is 2.67 bits per heavy atom. The quantitative estimate of drug-likeness (QED) is 0.755. The van der Waals surface area contributed by atoms with E-state index in [1.807, 2.05) is 42.5 Å². The molecule has 2 aromatic rings. The van der Waals surface area contributed by atoms with Crippen LogP contribution in [0.3, 0.4) is 0 Å². The smallest absolute Gasteiger partial charge is 0.119 e. The van der Waals surface area contributed by atoms with E-state index in [2.05, 4.69) is 11.4 Å². The molecule has 0 spiro atoms. The molecule has 0 unspecified atom stereocenters. The molecule has 0 saturated carbocycles. The number of benzene rings is 2. The highest BCUT2D eigenvalue weighted by Gasteiger charge is 2.00. The molecule has 0 atom stereocenters. The number of nitrogens with one attached hydrogen (secondary N) is 1. The second-order valence-corrected chi connectivity index (χ2v) is 5.09. The van der Waals surface area contributed by atoms with Gasteiger partial charge in [0.15, 0.2) is 0 Å². The predicted octanol–water partition coefficient (Wildman–Crippen LogP) is 3.66. The summed E-state index contributed by atoms with van der Waals surface area (Å²) >= 11 is 6.13. The number of halogens is 1. The van der Waals surface area contributed by atoms with Gasteiger partial charge in [-0.2, -0.15) is 0 Å². The second kappa shape index (κ2) is 8.67. The van der Waals surface area contributed by atoms with Crippen LogP contribution in [0.1, 0.15) is 11.1 Å². The lowest BCUT2D eigenvalue weighted by Crippen LogP contribution is -2.13. The van der Waals surface area contributed by atoms with Crippen LogP contribution in [0.2, 0.25) is 5.02 Å². The highest BCUT2D eigenvalue weighted by molar-refractivity contribution is 6.31. The van der Waals surface area contributed by atoms with E-state index >= 15 is 0 Å². The molecule has 0 heterocycles. The van der Waals surface area contributed by atoms with Crippen LogP contribution in [0.5, 0.6) is 5.75 Å². The van der Waals surface area contributed by atoms with Crippen molar-refractivity contribution in [2.75, 3.05) is 20.3 Å². The lowest BCUT2D eigenvalue weighted by molar-refractivity contribution is 0.146. The van der Waals surface area contributed by atoms with E-state index in [1.54, 1.807) is 7.11 Å². The van der Waals surface area contributed by atoms with E-state index in [9.17, 15) is 0 Å². The van der Waals surface area contributed by atoms with Gasteiger partial charge in [-0.15, -0.1) is 0 Å². The maximum absolute atomic E-state index is 6.13. The lowest BCUT2D eigenvalue weighted by atomic mass is 10.2. The molecule has 1 N–H and O–H groups in total. The van der Waals surface area contributed by atoms with Gasteiger partial charge in [0.25, 0.3) is 0 Å². The zero-order valence-corrected chi connectivity index (χ0v) is 12.9. The number of methoxy groups -OCH3 is 1. The van der Waals surface area contributed by atoms with Crippen molar-refractivity contribution in [3.8, 4) is 5.75 Å². The van der Waals surface area contributed by atoms with Crippen molar-refractivity contribution in [2.24, 2.45) is 0 Å². The third kappa shape index (κ3) is 5.38. The molecule has 0 bridgehead atoms. The molecular formula is C17H20ClNO2. The fraction of sp³-hybridized carbons (Fsp3) is 0.294. The molecule has 0 saturated heterocycles. The Hall–Kier alpha value is -1.55. The summed E-state index contributed by atoms with van der Waals surface area (Å²) in [7, 11) is 1.67. The van der Waals surface area contributed by atoms with Crippen molar-refractivity contribution in [1.29, 1.82) is 0 Å². The highest BCUT2D eigenvalue weighted by Crippen LogP contribution is 2.16. The molecule has 0 radical (unpaired) electrons. The standard InChI is InChI=1S/C17H20ClNO2/c1-20-9-10-21-16-7-4-5-14(11-16)12-19-13-15-6-2-3-8-17(15)18/h2-8,11,19H,9-10,12-13H2,1H3. The molecule has 0 aliphatic carbocycles. The summed E-state index contributed by atoms with van der Waals surface area (Å²) in [5.74, 6) is 0.865. The summed E-state index contributed by atoms with van der Waals surface area (Å²) in [6.07, 6.45) is 0. The van der Waals surface area contributed by atoms with Gasteiger partial charge in [-0.3, -0.25) is 0 Å². The van der Waals surface area contributed by atoms with E-state index < -0.39 is 0 Å². The lowest BCUT2D eigenvalue weighted by Gasteiger charge is -2.09. The SMILES string of the molecule is COCCOc1cccc(CNCc2ccccc2Cl)c1. The first-order valence-corrected chi connectivity index (χ1v) is 7.32. The topological polar surface area (TPSA) is 30.5 Å². The van der Waals surface area contributed by atoms with Crippen molar-refractivity contribution in [1.82, 2.24) is 5.32 Å². The molecule has 3 nitrogen and oxygen atoms in total. The fourth-order valence-electron chi connectivity index (χ4n) is 1.97. The first-order chi connectivity index (χ1) is 10.3. The van der Waals surface area contributed by atoms with Crippen LogP contribution >= 0.6 is 11.6 Å². The summed E-state index contributed by atoms with van der Waals surface area (Å²) in [6.45, 7) is 2.67. The van der Waals surface area contributed by atoms with Crippen molar-refractivity contribution in [3.63, 3.8) is 0 Å². The monoisotopic (exact) mass is 305 g/mol. The second-order valence-electron chi connectivity index (χ2n) is 4.68. The zero-order chi connectivity index (χ0) is 14.9. The molecule has 0 aromatic heterocycles. The first kappa shape index (κ1) is 15.8. The van der Waals surface area contributed by atoms with Gasteiger partial charge in [0, 0.05) is 25.2 Å². The van der Waals surface area contributed by atoms with Crippen molar-refractivity contribution in [3.05, 3.63) is 64.7 Å². The molecular weight excluding hydrogens is 286 g/mol. The van der Waals surface area contributed by atoms with Crippen LogP contribution in [-0.4, -0.2) is 20.3 Å². The van der Waals surface area contributed by atoms with Gasteiger partial charge in [0.1, 0.15) is 12.4 Å². The first-order valence-electron chi connectivity index (χ1n) is 6.94. The minimum absolute atomic E-state index is 0.563. The average molecular weight is 306 g/mol. The van der Waals surface area contributed by atoms with Gasteiger partial charge < -0.3 is 14.8 Å². The predicted molar refractivity (Wildman–Crippen MR) is 85.8 cm³/mol. The van der Waals surface area contributed by atoms with Crippen LogP contribution in [0.4, 0.5) is 0 Å². The molecule has 0 aliphatic rings. The summed E-state index contributed by atoms with van der Waals surface area (Å²) in [6, 6.07) is 15.9. The highest BCUT2D eigenvalue weighted by atomic mass is 35.5. The number of ether oxygens (including phenoxy) is 2.